The summed E-state index contributed by atoms with van der Waals surface area (Å²) in [7, 11) is 0. The minimum atomic E-state index is 0.288. The smallest absolute Gasteiger partial charge is 0.0374 e. The Bertz CT molecular complexity index is 366. The molecule has 0 aromatic heterocycles. The third kappa shape index (κ3) is 3.32. The second-order valence-corrected chi connectivity index (χ2v) is 5.69. The van der Waals surface area contributed by atoms with Crippen molar-refractivity contribution < 1.29 is 0 Å². The fourth-order valence-electron chi connectivity index (χ4n) is 2.36. The van der Waals surface area contributed by atoms with E-state index in [1.165, 1.54) is 23.1 Å². The molecule has 1 rings (SSSR count). The molecule has 0 aliphatic heterocycles. The van der Waals surface area contributed by atoms with Gasteiger partial charge in [0.1, 0.15) is 0 Å². The maximum absolute atomic E-state index is 3.65. The molecule has 1 N–H and O–H groups in total. The Morgan fingerprint density at radius 3 is 2.29 bits per heavy atom. The van der Waals surface area contributed by atoms with Gasteiger partial charge in [-0.05, 0) is 43.4 Å². The van der Waals surface area contributed by atoms with Gasteiger partial charge in [0.15, 0.2) is 0 Å². The van der Waals surface area contributed by atoms with Gasteiger partial charge in [-0.1, -0.05) is 51.5 Å². The molecule has 1 aromatic carbocycles. The average molecular weight is 233 g/mol. The summed E-state index contributed by atoms with van der Waals surface area (Å²) in [4.78, 5) is 0. The van der Waals surface area contributed by atoms with Gasteiger partial charge in [-0.15, -0.1) is 0 Å². The molecule has 0 radical (unpaired) electrons. The molecular weight excluding hydrogens is 206 g/mol. The Hall–Kier alpha value is -0.820. The van der Waals surface area contributed by atoms with Crippen molar-refractivity contribution in [2.24, 2.45) is 5.41 Å². The van der Waals surface area contributed by atoms with E-state index in [0.717, 1.165) is 6.54 Å². The van der Waals surface area contributed by atoms with Gasteiger partial charge in [-0.25, -0.2) is 0 Å². The third-order valence-corrected chi connectivity index (χ3v) is 3.84. The van der Waals surface area contributed by atoms with Crippen LogP contribution in [0.2, 0.25) is 0 Å². The SMILES string of the molecule is CCNC(c1ccc(C)cc1C)C(C)(C)CC. The molecule has 0 aliphatic carbocycles. The quantitative estimate of drug-likeness (QED) is 0.795. The monoisotopic (exact) mass is 233 g/mol. The van der Waals surface area contributed by atoms with Crippen LogP contribution in [0.5, 0.6) is 0 Å². The van der Waals surface area contributed by atoms with Gasteiger partial charge < -0.3 is 5.32 Å². The molecule has 96 valence electrons. The molecular formula is C16H27N. The zero-order chi connectivity index (χ0) is 13.1. The van der Waals surface area contributed by atoms with E-state index in [4.69, 9.17) is 0 Å². The van der Waals surface area contributed by atoms with Crippen molar-refractivity contribution >= 4 is 0 Å². The standard InChI is InChI=1S/C16H27N/c1-7-16(5,6)15(17-8-2)14-10-9-12(3)11-13(14)4/h9-11,15,17H,7-8H2,1-6H3. The van der Waals surface area contributed by atoms with E-state index in [1.807, 2.05) is 0 Å². The van der Waals surface area contributed by atoms with Gasteiger partial charge >= 0.3 is 0 Å². The Morgan fingerprint density at radius 2 is 1.82 bits per heavy atom. The predicted molar refractivity (Wildman–Crippen MR) is 76.4 cm³/mol. The lowest BCUT2D eigenvalue weighted by atomic mass is 9.77. The summed E-state index contributed by atoms with van der Waals surface area (Å²) in [6.07, 6.45) is 1.18. The van der Waals surface area contributed by atoms with Gasteiger partial charge in [-0.2, -0.15) is 0 Å². The number of hydrogen-bond donors (Lipinski definition) is 1. The highest BCUT2D eigenvalue weighted by Gasteiger charge is 2.29. The molecule has 1 unspecified atom stereocenters. The number of rotatable bonds is 5. The molecule has 1 aromatic rings. The van der Waals surface area contributed by atoms with Crippen LogP contribution in [0.4, 0.5) is 0 Å². The lowest BCUT2D eigenvalue weighted by molar-refractivity contribution is 0.236. The van der Waals surface area contributed by atoms with Crippen molar-refractivity contribution in [3.05, 3.63) is 34.9 Å². The summed E-state index contributed by atoms with van der Waals surface area (Å²) in [5, 5.41) is 3.65. The van der Waals surface area contributed by atoms with Gasteiger partial charge in [0.05, 0.1) is 0 Å². The van der Waals surface area contributed by atoms with Gasteiger partial charge in [0.2, 0.25) is 0 Å². The molecule has 0 saturated carbocycles. The molecule has 0 spiro atoms. The van der Waals surface area contributed by atoms with Crippen molar-refractivity contribution in [1.29, 1.82) is 0 Å². The number of nitrogens with one attached hydrogen (secondary N) is 1. The van der Waals surface area contributed by atoms with E-state index in [1.54, 1.807) is 0 Å². The highest BCUT2D eigenvalue weighted by molar-refractivity contribution is 5.33. The Kier molecular flexibility index (Phi) is 4.76. The van der Waals surface area contributed by atoms with E-state index >= 15 is 0 Å². The fourth-order valence-corrected chi connectivity index (χ4v) is 2.36. The van der Waals surface area contributed by atoms with E-state index < -0.39 is 0 Å². The summed E-state index contributed by atoms with van der Waals surface area (Å²) in [5.41, 5.74) is 4.48. The van der Waals surface area contributed by atoms with Crippen LogP contribution in [0, 0.1) is 19.3 Å². The Morgan fingerprint density at radius 1 is 1.18 bits per heavy atom. The number of aryl methyl sites for hydroxylation is 2. The third-order valence-electron chi connectivity index (χ3n) is 3.84. The molecule has 0 saturated heterocycles. The molecule has 0 bridgehead atoms. The summed E-state index contributed by atoms with van der Waals surface area (Å²) in [5.74, 6) is 0. The number of benzene rings is 1. The van der Waals surface area contributed by atoms with E-state index in [-0.39, 0.29) is 5.41 Å². The first kappa shape index (κ1) is 14.2. The maximum Gasteiger partial charge on any atom is 0.0374 e. The summed E-state index contributed by atoms with van der Waals surface area (Å²) < 4.78 is 0. The van der Waals surface area contributed by atoms with Crippen molar-refractivity contribution in [3.63, 3.8) is 0 Å². The van der Waals surface area contributed by atoms with Crippen LogP contribution in [0.1, 0.15) is 56.8 Å². The Labute approximate surface area is 107 Å². The zero-order valence-corrected chi connectivity index (χ0v) is 12.2. The van der Waals surface area contributed by atoms with E-state index in [2.05, 4.69) is 65.1 Å². The van der Waals surface area contributed by atoms with Crippen molar-refractivity contribution in [3.8, 4) is 0 Å². The van der Waals surface area contributed by atoms with Crippen LogP contribution in [0.25, 0.3) is 0 Å². The first-order valence-corrected chi connectivity index (χ1v) is 6.73. The van der Waals surface area contributed by atoms with E-state index in [9.17, 15) is 0 Å². The molecule has 0 fully saturated rings. The predicted octanol–water partition coefficient (Wildman–Crippen LogP) is 4.39. The topological polar surface area (TPSA) is 12.0 Å². The maximum atomic E-state index is 3.65. The Balaban J connectivity index is 3.14. The van der Waals surface area contributed by atoms with Crippen LogP contribution in [-0.4, -0.2) is 6.54 Å². The molecule has 0 amide bonds. The molecule has 1 nitrogen and oxygen atoms in total. The van der Waals surface area contributed by atoms with Crippen LogP contribution in [0.3, 0.4) is 0 Å². The molecule has 1 heteroatoms. The summed E-state index contributed by atoms with van der Waals surface area (Å²) in [6.45, 7) is 14.5. The van der Waals surface area contributed by atoms with Crippen LogP contribution in [0.15, 0.2) is 18.2 Å². The molecule has 0 heterocycles. The highest BCUT2D eigenvalue weighted by atomic mass is 14.9. The van der Waals surface area contributed by atoms with E-state index in [0.29, 0.717) is 6.04 Å². The second kappa shape index (κ2) is 5.68. The highest BCUT2D eigenvalue weighted by Crippen LogP contribution is 2.37. The minimum absolute atomic E-state index is 0.288. The van der Waals surface area contributed by atoms with Crippen LogP contribution < -0.4 is 5.32 Å². The summed E-state index contributed by atoms with van der Waals surface area (Å²) >= 11 is 0. The molecule has 17 heavy (non-hydrogen) atoms. The first-order valence-electron chi connectivity index (χ1n) is 6.73. The molecule has 1 atom stereocenters. The normalized spacial score (nSPS) is 13.8. The largest absolute Gasteiger partial charge is 0.310 e. The van der Waals surface area contributed by atoms with Crippen molar-refractivity contribution in [2.45, 2.75) is 54.0 Å². The first-order chi connectivity index (χ1) is 7.92. The van der Waals surface area contributed by atoms with Crippen molar-refractivity contribution in [1.82, 2.24) is 5.32 Å². The van der Waals surface area contributed by atoms with Gasteiger partial charge in [0, 0.05) is 6.04 Å². The molecule has 0 aliphatic rings. The zero-order valence-electron chi connectivity index (χ0n) is 12.2. The average Bonchev–Trinajstić information content (AvgIpc) is 2.27. The van der Waals surface area contributed by atoms with Crippen LogP contribution >= 0.6 is 0 Å². The fraction of sp³-hybridized carbons (Fsp3) is 0.625. The summed E-state index contributed by atoms with van der Waals surface area (Å²) in [6, 6.07) is 7.23. The number of hydrogen-bond acceptors (Lipinski definition) is 1. The van der Waals surface area contributed by atoms with Gasteiger partial charge in [0.25, 0.3) is 0 Å². The van der Waals surface area contributed by atoms with Crippen LogP contribution in [-0.2, 0) is 0 Å². The van der Waals surface area contributed by atoms with Gasteiger partial charge in [-0.3, -0.25) is 0 Å². The lowest BCUT2D eigenvalue weighted by Gasteiger charge is -2.35. The lowest BCUT2D eigenvalue weighted by Crippen LogP contribution is -2.34. The second-order valence-electron chi connectivity index (χ2n) is 5.69. The minimum Gasteiger partial charge on any atom is -0.310 e. The van der Waals surface area contributed by atoms with Crippen molar-refractivity contribution in [2.75, 3.05) is 6.54 Å².